The van der Waals surface area contributed by atoms with Gasteiger partial charge in [0.15, 0.2) is 6.10 Å². The van der Waals surface area contributed by atoms with Crippen LogP contribution in [0.1, 0.15) is 40.0 Å². The first-order chi connectivity index (χ1) is 9.39. The summed E-state index contributed by atoms with van der Waals surface area (Å²) in [6, 6.07) is -1.04. The Morgan fingerprint density at radius 1 is 1.43 bits per heavy atom. The molecule has 0 aromatic rings. The number of alkyl halides is 2. The van der Waals surface area contributed by atoms with E-state index >= 15 is 0 Å². The van der Waals surface area contributed by atoms with E-state index in [9.17, 15) is 23.5 Å². The zero-order chi connectivity index (χ0) is 16.4. The first-order valence-corrected chi connectivity index (χ1v) is 6.74. The van der Waals surface area contributed by atoms with Gasteiger partial charge in [0.05, 0.1) is 6.04 Å². The molecule has 6 nitrogen and oxygen atoms in total. The summed E-state index contributed by atoms with van der Waals surface area (Å²) in [7, 11) is 0. The molecule has 0 aromatic heterocycles. The summed E-state index contributed by atoms with van der Waals surface area (Å²) in [5.41, 5.74) is 4.24. The first kappa shape index (κ1) is 17.6. The van der Waals surface area contributed by atoms with Crippen LogP contribution in [0.2, 0.25) is 0 Å². The Bertz CT molecular complexity index is 401. The standard InChI is InChI=1S/C13H22F2N2O4/c1-12(2,3)21-11(20)17-8(9(18)10(16)19)4-7-5-13(14,15)6-7/h7-9,18H,4-6H2,1-3H3,(H2,16,19)(H,17,20). The molecule has 1 fully saturated rings. The number of carbonyl (C=O) groups excluding carboxylic acids is 2. The molecule has 0 saturated heterocycles. The fourth-order valence-electron chi connectivity index (χ4n) is 2.23. The lowest BCUT2D eigenvalue weighted by Crippen LogP contribution is -2.52. The minimum Gasteiger partial charge on any atom is -0.444 e. The van der Waals surface area contributed by atoms with Gasteiger partial charge in [0, 0.05) is 12.8 Å². The van der Waals surface area contributed by atoms with Gasteiger partial charge < -0.3 is 20.9 Å². The number of rotatable bonds is 5. The number of alkyl carbamates (subject to hydrolysis) is 1. The van der Waals surface area contributed by atoms with E-state index in [0.717, 1.165) is 0 Å². The third-order valence-electron chi connectivity index (χ3n) is 3.14. The van der Waals surface area contributed by atoms with Crippen LogP contribution in [-0.4, -0.2) is 40.8 Å². The second-order valence-corrected chi connectivity index (χ2v) is 6.47. The summed E-state index contributed by atoms with van der Waals surface area (Å²) in [5.74, 6) is -4.12. The van der Waals surface area contributed by atoms with Crippen molar-refractivity contribution in [3.8, 4) is 0 Å². The number of aliphatic hydroxyl groups is 1. The van der Waals surface area contributed by atoms with Crippen LogP contribution in [0.15, 0.2) is 0 Å². The molecule has 0 aliphatic heterocycles. The van der Waals surface area contributed by atoms with E-state index in [0.29, 0.717) is 0 Å². The molecule has 1 aliphatic rings. The Morgan fingerprint density at radius 3 is 2.33 bits per heavy atom. The van der Waals surface area contributed by atoms with Crippen molar-refractivity contribution >= 4 is 12.0 Å². The summed E-state index contributed by atoms with van der Waals surface area (Å²) in [5, 5.41) is 12.0. The van der Waals surface area contributed by atoms with E-state index in [2.05, 4.69) is 5.32 Å². The number of amides is 2. The molecule has 21 heavy (non-hydrogen) atoms. The fraction of sp³-hybridized carbons (Fsp3) is 0.846. The van der Waals surface area contributed by atoms with Crippen molar-refractivity contribution in [2.24, 2.45) is 11.7 Å². The third kappa shape index (κ3) is 5.82. The molecule has 1 aliphatic carbocycles. The summed E-state index contributed by atoms with van der Waals surface area (Å²) in [4.78, 5) is 22.7. The van der Waals surface area contributed by atoms with Gasteiger partial charge in [-0.2, -0.15) is 0 Å². The normalized spacial score (nSPS) is 21.0. The second kappa shape index (κ2) is 6.13. The summed E-state index contributed by atoms with van der Waals surface area (Å²) < 4.78 is 30.6. The third-order valence-corrected chi connectivity index (χ3v) is 3.14. The molecule has 122 valence electrons. The molecule has 2 amide bonds. The predicted octanol–water partition coefficient (Wildman–Crippen LogP) is 1.16. The molecule has 2 unspecified atom stereocenters. The number of halogens is 2. The lowest BCUT2D eigenvalue weighted by atomic mass is 9.76. The molecular weight excluding hydrogens is 286 g/mol. The quantitative estimate of drug-likeness (QED) is 0.709. The molecule has 2 atom stereocenters. The Kier molecular flexibility index (Phi) is 5.14. The average molecular weight is 308 g/mol. The van der Waals surface area contributed by atoms with Crippen LogP contribution in [0.3, 0.4) is 0 Å². The molecule has 0 heterocycles. The van der Waals surface area contributed by atoms with E-state index in [1.807, 2.05) is 0 Å². The molecule has 0 radical (unpaired) electrons. The average Bonchev–Trinajstić information content (AvgIpc) is 2.21. The Hall–Kier alpha value is -1.44. The molecule has 8 heteroatoms. The van der Waals surface area contributed by atoms with Crippen molar-refractivity contribution in [3.05, 3.63) is 0 Å². The van der Waals surface area contributed by atoms with Gasteiger partial charge in [-0.25, -0.2) is 13.6 Å². The first-order valence-electron chi connectivity index (χ1n) is 6.74. The maximum absolute atomic E-state index is 12.8. The van der Waals surface area contributed by atoms with Gasteiger partial charge in [-0.15, -0.1) is 0 Å². The second-order valence-electron chi connectivity index (χ2n) is 6.47. The molecule has 4 N–H and O–H groups in total. The van der Waals surface area contributed by atoms with Gasteiger partial charge >= 0.3 is 6.09 Å². The predicted molar refractivity (Wildman–Crippen MR) is 70.6 cm³/mol. The van der Waals surface area contributed by atoms with Crippen molar-refractivity contribution < 1.29 is 28.2 Å². The number of primary amides is 1. The zero-order valence-corrected chi connectivity index (χ0v) is 12.4. The minimum absolute atomic E-state index is 0.0406. The SMILES string of the molecule is CC(C)(C)OC(=O)NC(CC1CC(F)(F)C1)C(O)C(N)=O. The van der Waals surface area contributed by atoms with Crippen LogP contribution in [0.25, 0.3) is 0 Å². The molecule has 0 spiro atoms. The van der Waals surface area contributed by atoms with Crippen molar-refractivity contribution in [2.45, 2.75) is 63.7 Å². The van der Waals surface area contributed by atoms with Gasteiger partial charge in [-0.3, -0.25) is 4.79 Å². The van der Waals surface area contributed by atoms with Crippen molar-refractivity contribution in [3.63, 3.8) is 0 Å². The lowest BCUT2D eigenvalue weighted by molar-refractivity contribution is -0.130. The number of hydrogen-bond acceptors (Lipinski definition) is 4. The van der Waals surface area contributed by atoms with Crippen LogP contribution in [0, 0.1) is 5.92 Å². The highest BCUT2D eigenvalue weighted by molar-refractivity contribution is 5.80. The van der Waals surface area contributed by atoms with Crippen LogP contribution in [0.5, 0.6) is 0 Å². The van der Waals surface area contributed by atoms with Crippen molar-refractivity contribution in [2.75, 3.05) is 0 Å². The lowest BCUT2D eigenvalue weighted by Gasteiger charge is -2.37. The van der Waals surface area contributed by atoms with Gasteiger partial charge in [0.1, 0.15) is 5.60 Å². The minimum atomic E-state index is -2.71. The highest BCUT2D eigenvalue weighted by Crippen LogP contribution is 2.44. The maximum Gasteiger partial charge on any atom is 0.407 e. The van der Waals surface area contributed by atoms with Crippen LogP contribution < -0.4 is 11.1 Å². The van der Waals surface area contributed by atoms with Crippen molar-refractivity contribution in [1.82, 2.24) is 5.32 Å². The fourth-order valence-corrected chi connectivity index (χ4v) is 2.23. The van der Waals surface area contributed by atoms with Crippen LogP contribution >= 0.6 is 0 Å². The van der Waals surface area contributed by atoms with Gasteiger partial charge in [-0.1, -0.05) is 0 Å². The summed E-state index contributed by atoms with van der Waals surface area (Å²) in [6.07, 6.45) is -3.10. The van der Waals surface area contributed by atoms with Crippen molar-refractivity contribution in [1.29, 1.82) is 0 Å². The monoisotopic (exact) mass is 308 g/mol. The molecule has 1 rings (SSSR count). The summed E-state index contributed by atoms with van der Waals surface area (Å²) in [6.45, 7) is 4.95. The Morgan fingerprint density at radius 2 is 1.95 bits per heavy atom. The molecular formula is C13H22F2N2O4. The van der Waals surface area contributed by atoms with Gasteiger partial charge in [-0.05, 0) is 33.1 Å². The number of aliphatic hydroxyl groups excluding tert-OH is 1. The highest BCUT2D eigenvalue weighted by Gasteiger charge is 2.46. The summed E-state index contributed by atoms with van der Waals surface area (Å²) >= 11 is 0. The number of hydrogen-bond donors (Lipinski definition) is 3. The Labute approximate surface area is 122 Å². The smallest absolute Gasteiger partial charge is 0.407 e. The number of ether oxygens (including phenoxy) is 1. The van der Waals surface area contributed by atoms with Gasteiger partial charge in [0.2, 0.25) is 11.8 Å². The molecule has 0 aromatic carbocycles. The molecule has 0 bridgehead atoms. The van der Waals surface area contributed by atoms with Crippen LogP contribution in [-0.2, 0) is 9.53 Å². The number of carbonyl (C=O) groups is 2. The Balaban J connectivity index is 2.61. The van der Waals surface area contributed by atoms with E-state index < -0.39 is 35.7 Å². The van der Waals surface area contributed by atoms with Gasteiger partial charge in [0.25, 0.3) is 0 Å². The van der Waals surface area contributed by atoms with E-state index in [-0.39, 0.29) is 25.2 Å². The number of nitrogens with two attached hydrogens (primary N) is 1. The maximum atomic E-state index is 12.8. The van der Waals surface area contributed by atoms with E-state index in [1.165, 1.54) is 0 Å². The largest absolute Gasteiger partial charge is 0.444 e. The topological polar surface area (TPSA) is 102 Å². The zero-order valence-electron chi connectivity index (χ0n) is 12.4. The van der Waals surface area contributed by atoms with E-state index in [1.54, 1.807) is 20.8 Å². The van der Waals surface area contributed by atoms with E-state index in [4.69, 9.17) is 10.5 Å². The number of nitrogens with one attached hydrogen (secondary N) is 1. The van der Waals surface area contributed by atoms with Crippen LogP contribution in [0.4, 0.5) is 13.6 Å². The molecule has 1 saturated carbocycles. The highest BCUT2D eigenvalue weighted by atomic mass is 19.3.